The summed E-state index contributed by atoms with van der Waals surface area (Å²) in [4.78, 5) is 0. The highest BCUT2D eigenvalue weighted by molar-refractivity contribution is 5.75. The van der Waals surface area contributed by atoms with Gasteiger partial charge in [0, 0.05) is 11.5 Å². The molecule has 1 aliphatic rings. The number of phenolic OH excluding ortho intramolecular Hbond substituents is 1. The van der Waals surface area contributed by atoms with Crippen LogP contribution in [0.1, 0.15) is 90.2 Å². The number of fused-ring (bicyclic) bond motifs is 2. The molecule has 27 heavy (non-hydrogen) atoms. The zero-order valence-corrected chi connectivity index (χ0v) is 18.0. The van der Waals surface area contributed by atoms with E-state index in [0.29, 0.717) is 17.6 Å². The summed E-state index contributed by atoms with van der Waals surface area (Å²) in [6, 6.07) is 14.9. The first-order valence-corrected chi connectivity index (χ1v) is 10.6. The van der Waals surface area contributed by atoms with Crippen molar-refractivity contribution in [2.24, 2.45) is 10.8 Å². The third-order valence-electron chi connectivity index (χ3n) is 6.75. The molecule has 0 heterocycles. The number of aromatic hydroxyl groups is 1. The minimum absolute atomic E-state index is 0.159. The van der Waals surface area contributed by atoms with E-state index in [1.807, 2.05) is 6.07 Å². The second kappa shape index (κ2) is 7.34. The molecule has 1 N–H and O–H groups in total. The molecule has 0 amide bonds. The lowest BCUT2D eigenvalue weighted by Gasteiger charge is -2.44. The summed E-state index contributed by atoms with van der Waals surface area (Å²) in [5.41, 5.74) is 5.05. The summed E-state index contributed by atoms with van der Waals surface area (Å²) in [6.45, 7) is 14.2. The molecule has 3 rings (SSSR count). The standard InChI is InChI=1S/C26H36O/c1-7-14-25(3,4)22-19-16-20(18-12-10-9-11-13-18)24(27)21(17-19)23(22)26(5,6)15-8-2/h9-13,16-17,22-23,27H,7-8,14-15H2,1-6H3. The van der Waals surface area contributed by atoms with Crippen LogP contribution in [0.3, 0.4) is 0 Å². The Morgan fingerprint density at radius 1 is 0.815 bits per heavy atom. The Kier molecular flexibility index (Phi) is 5.43. The molecule has 1 nitrogen and oxygen atoms in total. The lowest BCUT2D eigenvalue weighted by atomic mass is 9.60. The molecule has 0 saturated carbocycles. The lowest BCUT2D eigenvalue weighted by Crippen LogP contribution is -2.32. The normalized spacial score (nSPS) is 19.5. The monoisotopic (exact) mass is 364 g/mol. The van der Waals surface area contributed by atoms with Gasteiger partial charge in [0.2, 0.25) is 0 Å². The highest BCUT2D eigenvalue weighted by Crippen LogP contribution is 2.62. The molecule has 2 aromatic carbocycles. The van der Waals surface area contributed by atoms with E-state index in [1.165, 1.54) is 36.8 Å². The summed E-state index contributed by atoms with van der Waals surface area (Å²) in [5, 5.41) is 11.3. The van der Waals surface area contributed by atoms with Crippen molar-refractivity contribution in [1.29, 1.82) is 0 Å². The average molecular weight is 365 g/mol. The molecule has 0 fully saturated rings. The molecule has 0 radical (unpaired) electrons. The van der Waals surface area contributed by atoms with E-state index < -0.39 is 0 Å². The molecule has 1 aliphatic carbocycles. The Labute approximate surface area is 165 Å². The Bertz CT molecular complexity index is 785. The van der Waals surface area contributed by atoms with Crippen molar-refractivity contribution < 1.29 is 5.11 Å². The van der Waals surface area contributed by atoms with Gasteiger partial charge in [-0.2, -0.15) is 0 Å². The van der Waals surface area contributed by atoms with Gasteiger partial charge >= 0.3 is 0 Å². The van der Waals surface area contributed by atoms with Gasteiger partial charge in [0.15, 0.2) is 0 Å². The summed E-state index contributed by atoms with van der Waals surface area (Å²) in [7, 11) is 0. The van der Waals surface area contributed by atoms with E-state index >= 15 is 0 Å². The predicted octanol–water partition coefficient (Wildman–Crippen LogP) is 7.89. The van der Waals surface area contributed by atoms with E-state index in [9.17, 15) is 5.11 Å². The quantitative estimate of drug-likeness (QED) is 0.529. The highest BCUT2D eigenvalue weighted by Gasteiger charge is 2.48. The molecular weight excluding hydrogens is 328 g/mol. The van der Waals surface area contributed by atoms with E-state index in [4.69, 9.17) is 0 Å². The molecule has 0 saturated heterocycles. The van der Waals surface area contributed by atoms with Crippen molar-refractivity contribution in [1.82, 2.24) is 0 Å². The van der Waals surface area contributed by atoms with Gasteiger partial charge in [-0.05, 0) is 52.3 Å². The van der Waals surface area contributed by atoms with Gasteiger partial charge in [-0.3, -0.25) is 0 Å². The topological polar surface area (TPSA) is 20.2 Å². The molecule has 2 aromatic rings. The zero-order chi connectivity index (χ0) is 19.8. The van der Waals surface area contributed by atoms with Crippen molar-refractivity contribution in [3.63, 3.8) is 0 Å². The zero-order valence-electron chi connectivity index (χ0n) is 18.0. The molecule has 146 valence electrons. The first-order valence-electron chi connectivity index (χ1n) is 10.6. The SMILES string of the molecule is CCCC(C)(C)C1c2cc(-c3ccccc3)c(O)c(c2)C1C(C)(C)CCC. The molecule has 2 bridgehead atoms. The van der Waals surface area contributed by atoms with Crippen LogP contribution in [0.25, 0.3) is 11.1 Å². The van der Waals surface area contributed by atoms with E-state index in [0.717, 1.165) is 11.1 Å². The lowest BCUT2D eigenvalue weighted by molar-refractivity contribution is 0.146. The van der Waals surface area contributed by atoms with Gasteiger partial charge in [0.1, 0.15) is 5.75 Å². The minimum Gasteiger partial charge on any atom is -0.507 e. The average Bonchev–Trinajstić information content (AvgIpc) is 2.95. The van der Waals surface area contributed by atoms with Crippen molar-refractivity contribution in [3.8, 4) is 16.9 Å². The highest BCUT2D eigenvalue weighted by atomic mass is 16.3. The fourth-order valence-electron chi connectivity index (χ4n) is 5.68. The van der Waals surface area contributed by atoms with Crippen LogP contribution in [0.15, 0.2) is 42.5 Å². The van der Waals surface area contributed by atoms with Gasteiger partial charge in [-0.25, -0.2) is 0 Å². The maximum atomic E-state index is 11.3. The van der Waals surface area contributed by atoms with E-state index in [-0.39, 0.29) is 10.8 Å². The summed E-state index contributed by atoms with van der Waals surface area (Å²) < 4.78 is 0. The Balaban J connectivity index is 2.19. The Morgan fingerprint density at radius 3 is 1.93 bits per heavy atom. The van der Waals surface area contributed by atoms with E-state index in [2.05, 4.69) is 77.9 Å². The minimum atomic E-state index is 0.159. The van der Waals surface area contributed by atoms with Crippen LogP contribution in [-0.2, 0) is 0 Å². The maximum absolute atomic E-state index is 11.3. The maximum Gasteiger partial charge on any atom is 0.126 e. The van der Waals surface area contributed by atoms with Gasteiger partial charge in [-0.1, -0.05) is 90.8 Å². The van der Waals surface area contributed by atoms with Crippen LogP contribution in [-0.4, -0.2) is 5.11 Å². The van der Waals surface area contributed by atoms with Crippen LogP contribution < -0.4 is 0 Å². The number of phenols is 1. The fraction of sp³-hybridized carbons (Fsp3) is 0.538. The smallest absolute Gasteiger partial charge is 0.126 e. The molecule has 2 atom stereocenters. The number of hydrogen-bond acceptors (Lipinski definition) is 1. The van der Waals surface area contributed by atoms with Gasteiger partial charge in [0.05, 0.1) is 0 Å². The van der Waals surface area contributed by atoms with Crippen LogP contribution >= 0.6 is 0 Å². The largest absolute Gasteiger partial charge is 0.507 e. The second-order valence-corrected chi connectivity index (χ2v) is 9.80. The van der Waals surface area contributed by atoms with Crippen LogP contribution in [0.4, 0.5) is 0 Å². The predicted molar refractivity (Wildman–Crippen MR) is 116 cm³/mol. The third kappa shape index (κ3) is 3.53. The van der Waals surface area contributed by atoms with Crippen molar-refractivity contribution >= 4 is 0 Å². The Morgan fingerprint density at radius 2 is 1.37 bits per heavy atom. The molecule has 0 aliphatic heterocycles. The molecule has 2 unspecified atom stereocenters. The summed E-state index contributed by atoms with van der Waals surface area (Å²) in [5.74, 6) is 1.32. The third-order valence-corrected chi connectivity index (χ3v) is 6.75. The first-order chi connectivity index (χ1) is 12.7. The Hall–Kier alpha value is -1.76. The van der Waals surface area contributed by atoms with Crippen molar-refractivity contribution in [3.05, 3.63) is 53.6 Å². The summed E-state index contributed by atoms with van der Waals surface area (Å²) in [6.07, 6.45) is 4.75. The van der Waals surface area contributed by atoms with Gasteiger partial charge < -0.3 is 5.11 Å². The number of hydrogen-bond donors (Lipinski definition) is 1. The van der Waals surface area contributed by atoms with Gasteiger partial charge in [-0.15, -0.1) is 0 Å². The first kappa shape index (κ1) is 20.0. The van der Waals surface area contributed by atoms with Crippen LogP contribution in [0, 0.1) is 10.8 Å². The van der Waals surface area contributed by atoms with Crippen LogP contribution in [0.5, 0.6) is 5.75 Å². The van der Waals surface area contributed by atoms with Crippen LogP contribution in [0.2, 0.25) is 0 Å². The number of benzene rings is 2. The number of rotatable bonds is 7. The second-order valence-electron chi connectivity index (χ2n) is 9.80. The van der Waals surface area contributed by atoms with Crippen molar-refractivity contribution in [2.45, 2.75) is 79.1 Å². The molecule has 0 spiro atoms. The fourth-order valence-corrected chi connectivity index (χ4v) is 5.68. The molecule has 1 heteroatoms. The summed E-state index contributed by atoms with van der Waals surface area (Å²) >= 11 is 0. The van der Waals surface area contributed by atoms with E-state index in [1.54, 1.807) is 0 Å². The van der Waals surface area contributed by atoms with Crippen molar-refractivity contribution in [2.75, 3.05) is 0 Å². The van der Waals surface area contributed by atoms with Gasteiger partial charge in [0.25, 0.3) is 0 Å². The molecule has 0 aromatic heterocycles. The molecular formula is C26H36O.